The van der Waals surface area contributed by atoms with Gasteiger partial charge < -0.3 is 4.57 Å². The summed E-state index contributed by atoms with van der Waals surface area (Å²) < 4.78 is 2.31. The molecule has 1 aliphatic rings. The van der Waals surface area contributed by atoms with Gasteiger partial charge in [0.2, 0.25) is 0 Å². The summed E-state index contributed by atoms with van der Waals surface area (Å²) in [5.41, 5.74) is 3.06. The normalized spacial score (nSPS) is 24.2. The summed E-state index contributed by atoms with van der Waals surface area (Å²) in [5.74, 6) is 0.928. The Hall–Kier alpha value is -0.760. The van der Waals surface area contributed by atoms with Crippen LogP contribution in [0.4, 0.5) is 0 Å². The van der Waals surface area contributed by atoms with E-state index in [2.05, 4.69) is 18.4 Å². The third-order valence-electron chi connectivity index (χ3n) is 3.62. The van der Waals surface area contributed by atoms with E-state index in [9.17, 15) is 4.79 Å². The molecule has 2 nitrogen and oxygen atoms in total. The number of aromatic nitrogens is 1. The topological polar surface area (TPSA) is 22.0 Å². The van der Waals surface area contributed by atoms with Crippen molar-refractivity contribution >= 4 is 17.4 Å². The van der Waals surface area contributed by atoms with Crippen LogP contribution in [0.15, 0.2) is 6.07 Å². The summed E-state index contributed by atoms with van der Waals surface area (Å²) >= 11 is 5.61. The monoisotopic (exact) mass is 239 g/mol. The zero-order chi connectivity index (χ0) is 11.9. The van der Waals surface area contributed by atoms with E-state index in [1.54, 1.807) is 0 Å². The third kappa shape index (κ3) is 1.80. The van der Waals surface area contributed by atoms with Gasteiger partial charge in [-0.3, -0.25) is 4.79 Å². The molecule has 0 bridgehead atoms. The van der Waals surface area contributed by atoms with Gasteiger partial charge in [0.15, 0.2) is 5.78 Å². The van der Waals surface area contributed by atoms with Gasteiger partial charge in [-0.05, 0) is 38.7 Å². The average molecular weight is 240 g/mol. The van der Waals surface area contributed by atoms with E-state index in [0.29, 0.717) is 6.04 Å². The number of hydrogen-bond acceptors (Lipinski definition) is 1. The minimum absolute atomic E-state index is 0.0355. The minimum atomic E-state index is 0.0355. The number of carbonyl (C=O) groups excluding carboxylic acids is 1. The molecule has 0 N–H and O–H groups in total. The highest BCUT2D eigenvalue weighted by molar-refractivity contribution is 6.30. The molecule has 0 aromatic carbocycles. The molecule has 1 fully saturated rings. The highest BCUT2D eigenvalue weighted by Gasteiger charge is 2.29. The van der Waals surface area contributed by atoms with Gasteiger partial charge in [0.25, 0.3) is 0 Å². The largest absolute Gasteiger partial charge is 0.345 e. The smallest absolute Gasteiger partial charge is 0.179 e. The van der Waals surface area contributed by atoms with Crippen LogP contribution < -0.4 is 0 Å². The number of halogens is 1. The Morgan fingerprint density at radius 1 is 1.50 bits per heavy atom. The summed E-state index contributed by atoms with van der Waals surface area (Å²) in [6, 6.07) is 2.56. The SMILES string of the molecule is Cc1cc(C(=O)CCl)c(C)n1C1CC(C)C1. The Kier molecular flexibility index (Phi) is 3.11. The molecule has 1 aromatic rings. The highest BCUT2D eigenvalue weighted by atomic mass is 35.5. The van der Waals surface area contributed by atoms with E-state index in [0.717, 1.165) is 17.2 Å². The predicted octanol–water partition coefficient (Wildman–Crippen LogP) is 3.50. The molecule has 88 valence electrons. The van der Waals surface area contributed by atoms with Crippen LogP contribution in [0.25, 0.3) is 0 Å². The first-order chi connectivity index (χ1) is 7.54. The molecular formula is C13H18ClNO. The second-order valence-electron chi connectivity index (χ2n) is 4.94. The number of rotatable bonds is 3. The maximum Gasteiger partial charge on any atom is 0.179 e. The summed E-state index contributed by atoms with van der Waals surface area (Å²) in [6.07, 6.45) is 2.45. The number of alkyl halides is 1. The molecule has 1 saturated carbocycles. The van der Waals surface area contributed by atoms with E-state index >= 15 is 0 Å². The van der Waals surface area contributed by atoms with E-state index < -0.39 is 0 Å². The van der Waals surface area contributed by atoms with Gasteiger partial charge in [-0.25, -0.2) is 0 Å². The van der Waals surface area contributed by atoms with Crippen molar-refractivity contribution in [2.75, 3.05) is 5.88 Å². The first-order valence-corrected chi connectivity index (χ1v) is 6.35. The van der Waals surface area contributed by atoms with Crippen LogP contribution in [0.5, 0.6) is 0 Å². The fourth-order valence-corrected chi connectivity index (χ4v) is 2.91. The lowest BCUT2D eigenvalue weighted by molar-refractivity contribution is 0.102. The maximum absolute atomic E-state index is 11.6. The molecular weight excluding hydrogens is 222 g/mol. The van der Waals surface area contributed by atoms with Crippen LogP contribution in [-0.4, -0.2) is 16.2 Å². The van der Waals surface area contributed by atoms with Gasteiger partial charge in [-0.2, -0.15) is 0 Å². The van der Waals surface area contributed by atoms with Crippen LogP contribution in [-0.2, 0) is 0 Å². The summed E-state index contributed by atoms with van der Waals surface area (Å²) in [4.78, 5) is 11.6. The number of carbonyl (C=O) groups is 1. The van der Waals surface area contributed by atoms with Crippen molar-refractivity contribution in [3.8, 4) is 0 Å². The van der Waals surface area contributed by atoms with Gasteiger partial charge in [0.1, 0.15) is 0 Å². The Bertz CT molecular complexity index is 416. The fraction of sp³-hybridized carbons (Fsp3) is 0.615. The van der Waals surface area contributed by atoms with Gasteiger partial charge >= 0.3 is 0 Å². The number of hydrogen-bond donors (Lipinski definition) is 0. The number of nitrogens with zero attached hydrogens (tertiary/aromatic N) is 1. The number of aryl methyl sites for hydroxylation is 1. The fourth-order valence-electron chi connectivity index (χ4n) is 2.76. The van der Waals surface area contributed by atoms with Gasteiger partial charge in [-0.1, -0.05) is 6.92 Å². The molecule has 3 heteroatoms. The molecule has 1 aromatic heterocycles. The molecule has 2 rings (SSSR count). The molecule has 0 atom stereocenters. The Morgan fingerprint density at radius 2 is 2.12 bits per heavy atom. The quantitative estimate of drug-likeness (QED) is 0.585. The second kappa shape index (κ2) is 4.25. The zero-order valence-electron chi connectivity index (χ0n) is 10.1. The highest BCUT2D eigenvalue weighted by Crippen LogP contribution is 2.39. The predicted molar refractivity (Wildman–Crippen MR) is 66.4 cm³/mol. The number of Topliss-reactive ketones (excluding diaryl/α,β-unsaturated/α-hetero) is 1. The molecule has 0 spiro atoms. The first-order valence-electron chi connectivity index (χ1n) is 5.82. The lowest BCUT2D eigenvalue weighted by Crippen LogP contribution is -2.26. The summed E-state index contributed by atoms with van der Waals surface area (Å²) in [6.45, 7) is 6.37. The third-order valence-corrected chi connectivity index (χ3v) is 3.86. The van der Waals surface area contributed by atoms with Crippen LogP contribution in [0, 0.1) is 19.8 Å². The molecule has 0 aliphatic heterocycles. The van der Waals surface area contributed by atoms with Crippen molar-refractivity contribution in [3.05, 3.63) is 23.0 Å². The first kappa shape index (κ1) is 11.7. The van der Waals surface area contributed by atoms with Gasteiger partial charge in [-0.15, -0.1) is 11.6 Å². The molecule has 0 saturated heterocycles. The number of ketones is 1. The molecule has 16 heavy (non-hydrogen) atoms. The van der Waals surface area contributed by atoms with Crippen LogP contribution >= 0.6 is 11.6 Å². The van der Waals surface area contributed by atoms with Crippen molar-refractivity contribution in [2.45, 2.75) is 39.7 Å². The minimum Gasteiger partial charge on any atom is -0.345 e. The summed E-state index contributed by atoms with van der Waals surface area (Å²) in [7, 11) is 0. The van der Waals surface area contributed by atoms with Crippen molar-refractivity contribution in [3.63, 3.8) is 0 Å². The Labute approximate surface area is 102 Å². The van der Waals surface area contributed by atoms with Crippen molar-refractivity contribution in [2.24, 2.45) is 5.92 Å². The lowest BCUT2D eigenvalue weighted by atomic mass is 9.81. The van der Waals surface area contributed by atoms with Crippen molar-refractivity contribution in [1.82, 2.24) is 4.57 Å². The van der Waals surface area contributed by atoms with E-state index in [1.807, 2.05) is 13.0 Å². The maximum atomic E-state index is 11.6. The van der Waals surface area contributed by atoms with Crippen molar-refractivity contribution in [1.29, 1.82) is 0 Å². The van der Waals surface area contributed by atoms with Gasteiger partial charge in [0, 0.05) is 23.0 Å². The Balaban J connectivity index is 2.32. The van der Waals surface area contributed by atoms with Gasteiger partial charge in [0.05, 0.1) is 5.88 Å². The van der Waals surface area contributed by atoms with Crippen molar-refractivity contribution < 1.29 is 4.79 Å². The molecule has 1 aliphatic carbocycles. The Morgan fingerprint density at radius 3 is 2.62 bits per heavy atom. The summed E-state index contributed by atoms with van der Waals surface area (Å²) in [5, 5.41) is 0. The van der Waals surface area contributed by atoms with Crippen LogP contribution in [0.1, 0.15) is 47.6 Å². The molecule has 0 radical (unpaired) electrons. The average Bonchev–Trinajstić information content (AvgIpc) is 2.49. The van der Waals surface area contributed by atoms with E-state index in [1.165, 1.54) is 18.5 Å². The standard InChI is InChI=1S/C13H18ClNO/c1-8-4-11(5-8)15-9(2)6-12(10(15)3)13(16)7-14/h6,8,11H,4-5,7H2,1-3H3. The molecule has 0 unspecified atom stereocenters. The molecule has 0 amide bonds. The van der Waals surface area contributed by atoms with Crippen LogP contribution in [0.2, 0.25) is 0 Å². The second-order valence-corrected chi connectivity index (χ2v) is 5.21. The lowest BCUT2D eigenvalue weighted by Gasteiger charge is -2.36. The molecule has 1 heterocycles. The van der Waals surface area contributed by atoms with E-state index in [-0.39, 0.29) is 11.7 Å². The van der Waals surface area contributed by atoms with E-state index in [4.69, 9.17) is 11.6 Å². The van der Waals surface area contributed by atoms with Crippen LogP contribution in [0.3, 0.4) is 0 Å². The zero-order valence-corrected chi connectivity index (χ0v) is 10.8.